The fraction of sp³-hybridized carbons (Fsp3) is 0.412. The van der Waals surface area contributed by atoms with Crippen molar-refractivity contribution in [3.05, 3.63) is 46.5 Å². The topological polar surface area (TPSA) is 51.7 Å². The number of aromatic nitrogens is 1. The van der Waals surface area contributed by atoms with Crippen LogP contribution < -0.4 is 4.74 Å². The van der Waals surface area contributed by atoms with Gasteiger partial charge in [0.2, 0.25) is 5.88 Å². The Balaban J connectivity index is 1.49. The summed E-state index contributed by atoms with van der Waals surface area (Å²) in [7, 11) is 0. The van der Waals surface area contributed by atoms with Gasteiger partial charge in [-0.1, -0.05) is 0 Å². The molecule has 1 amide bonds. The van der Waals surface area contributed by atoms with Crippen LogP contribution in [0, 0.1) is 17.2 Å². The smallest absolute Gasteiger partial charge is 0.254 e. The van der Waals surface area contributed by atoms with Gasteiger partial charge in [0, 0.05) is 30.6 Å². The SMILES string of the molecule is O=C(c1ccsc1)N1C[C@@H]2COC[C@]2(COc2ncccc2F)C1. The first-order valence-corrected chi connectivity index (χ1v) is 8.75. The molecule has 0 radical (unpaired) electrons. The maximum atomic E-state index is 13.7. The number of hydrogen-bond acceptors (Lipinski definition) is 5. The Labute approximate surface area is 143 Å². The zero-order valence-corrected chi connectivity index (χ0v) is 13.8. The lowest BCUT2D eigenvalue weighted by molar-refractivity contribution is 0.0650. The van der Waals surface area contributed by atoms with Crippen LogP contribution in [0.15, 0.2) is 35.2 Å². The Morgan fingerprint density at radius 2 is 2.46 bits per heavy atom. The first-order chi connectivity index (χ1) is 11.7. The van der Waals surface area contributed by atoms with Crippen molar-refractivity contribution in [3.8, 4) is 5.88 Å². The van der Waals surface area contributed by atoms with Crippen molar-refractivity contribution < 1.29 is 18.7 Å². The van der Waals surface area contributed by atoms with E-state index in [-0.39, 0.29) is 23.1 Å². The van der Waals surface area contributed by atoms with Crippen LogP contribution in [0.2, 0.25) is 0 Å². The number of pyridine rings is 1. The normalized spacial score (nSPS) is 25.7. The minimum Gasteiger partial charge on any atom is -0.475 e. The van der Waals surface area contributed by atoms with E-state index in [1.54, 1.807) is 0 Å². The molecule has 2 fully saturated rings. The number of rotatable bonds is 4. The van der Waals surface area contributed by atoms with Crippen LogP contribution in [0.3, 0.4) is 0 Å². The standard InChI is InChI=1S/C17H17FN2O3S/c18-14-2-1-4-19-15(14)23-11-17-9-20(6-13(17)7-22-10-17)16(21)12-3-5-24-8-12/h1-5,8,13H,6-7,9-11H2/t13-,17+/m1/s1. The molecule has 4 rings (SSSR count). The molecular formula is C17H17FN2O3S. The quantitative estimate of drug-likeness (QED) is 0.852. The number of nitrogens with zero attached hydrogens (tertiary/aromatic N) is 2. The summed E-state index contributed by atoms with van der Waals surface area (Å²) in [5.41, 5.74) is 0.420. The third kappa shape index (κ3) is 2.67. The number of halogens is 1. The first kappa shape index (κ1) is 15.5. The molecule has 0 saturated carbocycles. The third-order valence-corrected chi connectivity index (χ3v) is 5.48. The summed E-state index contributed by atoms with van der Waals surface area (Å²) in [6.07, 6.45) is 1.50. The van der Waals surface area contributed by atoms with Gasteiger partial charge in [-0.15, -0.1) is 0 Å². The second-order valence-electron chi connectivity index (χ2n) is 6.35. The largest absolute Gasteiger partial charge is 0.475 e. The van der Waals surface area contributed by atoms with E-state index in [2.05, 4.69) is 4.98 Å². The highest BCUT2D eigenvalue weighted by Gasteiger charge is 2.52. The second kappa shape index (κ2) is 6.14. The Bertz CT molecular complexity index is 739. The molecule has 2 aliphatic rings. The van der Waals surface area contributed by atoms with Gasteiger partial charge in [0.15, 0.2) is 5.82 Å². The molecule has 0 spiro atoms. The van der Waals surface area contributed by atoms with Crippen LogP contribution in [0.4, 0.5) is 4.39 Å². The van der Waals surface area contributed by atoms with Crippen LogP contribution in [-0.2, 0) is 4.74 Å². The van der Waals surface area contributed by atoms with Gasteiger partial charge in [-0.05, 0) is 23.6 Å². The molecule has 2 saturated heterocycles. The summed E-state index contributed by atoms with van der Waals surface area (Å²) < 4.78 is 25.0. The molecule has 2 aliphatic heterocycles. The molecule has 7 heteroatoms. The lowest BCUT2D eigenvalue weighted by Gasteiger charge is -2.26. The summed E-state index contributed by atoms with van der Waals surface area (Å²) in [5.74, 6) is -0.241. The van der Waals surface area contributed by atoms with Gasteiger partial charge in [-0.2, -0.15) is 11.3 Å². The van der Waals surface area contributed by atoms with Gasteiger partial charge in [0.05, 0.1) is 30.8 Å². The molecule has 0 bridgehead atoms. The van der Waals surface area contributed by atoms with Crippen LogP contribution in [0.25, 0.3) is 0 Å². The van der Waals surface area contributed by atoms with E-state index in [0.29, 0.717) is 38.5 Å². The molecule has 0 unspecified atom stereocenters. The molecule has 4 heterocycles. The molecule has 2 atom stereocenters. The Morgan fingerprint density at radius 3 is 3.25 bits per heavy atom. The Hall–Kier alpha value is -1.99. The highest BCUT2D eigenvalue weighted by atomic mass is 32.1. The fourth-order valence-electron chi connectivity index (χ4n) is 3.45. The molecule has 126 valence electrons. The van der Waals surface area contributed by atoms with E-state index in [9.17, 15) is 9.18 Å². The zero-order valence-electron chi connectivity index (χ0n) is 13.0. The number of thiophene rings is 1. The van der Waals surface area contributed by atoms with Gasteiger partial charge in [-0.25, -0.2) is 9.37 Å². The van der Waals surface area contributed by atoms with Crippen molar-refractivity contribution in [2.75, 3.05) is 32.9 Å². The number of hydrogen-bond donors (Lipinski definition) is 0. The molecule has 0 aromatic carbocycles. The van der Waals surface area contributed by atoms with Gasteiger partial charge in [0.1, 0.15) is 0 Å². The van der Waals surface area contributed by atoms with Gasteiger partial charge in [0.25, 0.3) is 5.91 Å². The summed E-state index contributed by atoms with van der Waals surface area (Å²) in [5, 5.41) is 3.76. The van der Waals surface area contributed by atoms with Crippen molar-refractivity contribution in [1.29, 1.82) is 0 Å². The lowest BCUT2D eigenvalue weighted by Crippen LogP contribution is -2.38. The fourth-order valence-corrected chi connectivity index (χ4v) is 4.08. The molecule has 2 aromatic rings. The number of carbonyl (C=O) groups excluding carboxylic acids is 1. The lowest BCUT2D eigenvalue weighted by atomic mass is 9.82. The van der Waals surface area contributed by atoms with E-state index in [4.69, 9.17) is 9.47 Å². The molecule has 24 heavy (non-hydrogen) atoms. The minimum atomic E-state index is -0.478. The molecule has 0 aliphatic carbocycles. The minimum absolute atomic E-state index is 0.000126. The highest BCUT2D eigenvalue weighted by Crippen LogP contribution is 2.42. The van der Waals surface area contributed by atoms with E-state index in [1.807, 2.05) is 21.7 Å². The van der Waals surface area contributed by atoms with E-state index in [0.717, 1.165) is 0 Å². The molecule has 2 aromatic heterocycles. The van der Waals surface area contributed by atoms with Crippen LogP contribution in [0.5, 0.6) is 5.88 Å². The van der Waals surface area contributed by atoms with Gasteiger partial charge >= 0.3 is 0 Å². The first-order valence-electron chi connectivity index (χ1n) is 7.80. The van der Waals surface area contributed by atoms with Crippen molar-refractivity contribution in [2.24, 2.45) is 11.3 Å². The number of ether oxygens (including phenoxy) is 2. The average molecular weight is 348 g/mol. The molecule has 5 nitrogen and oxygen atoms in total. The van der Waals surface area contributed by atoms with E-state index >= 15 is 0 Å². The number of carbonyl (C=O) groups is 1. The Morgan fingerprint density at radius 1 is 1.54 bits per heavy atom. The van der Waals surface area contributed by atoms with Crippen LogP contribution in [-0.4, -0.2) is 48.7 Å². The molecular weight excluding hydrogens is 331 g/mol. The van der Waals surface area contributed by atoms with Gasteiger partial charge < -0.3 is 14.4 Å². The summed E-state index contributed by atoms with van der Waals surface area (Å²) in [4.78, 5) is 18.4. The molecule has 0 N–H and O–H groups in total. The van der Waals surface area contributed by atoms with E-state index in [1.165, 1.54) is 29.7 Å². The number of amides is 1. The second-order valence-corrected chi connectivity index (χ2v) is 7.13. The van der Waals surface area contributed by atoms with Crippen molar-refractivity contribution in [1.82, 2.24) is 9.88 Å². The zero-order chi connectivity index (χ0) is 16.6. The van der Waals surface area contributed by atoms with Crippen LogP contribution in [0.1, 0.15) is 10.4 Å². The third-order valence-electron chi connectivity index (χ3n) is 4.80. The summed E-state index contributed by atoms with van der Waals surface area (Å²) in [6.45, 7) is 2.60. The van der Waals surface area contributed by atoms with E-state index < -0.39 is 5.82 Å². The van der Waals surface area contributed by atoms with Crippen molar-refractivity contribution in [3.63, 3.8) is 0 Å². The average Bonchev–Trinajstić information content (AvgIpc) is 3.29. The summed E-state index contributed by atoms with van der Waals surface area (Å²) in [6, 6.07) is 4.69. The van der Waals surface area contributed by atoms with Crippen molar-refractivity contribution in [2.45, 2.75) is 0 Å². The maximum absolute atomic E-state index is 13.7. The predicted octanol–water partition coefficient (Wildman–Crippen LogP) is 2.45. The van der Waals surface area contributed by atoms with Crippen molar-refractivity contribution >= 4 is 17.2 Å². The Kier molecular flexibility index (Phi) is 3.97. The summed E-state index contributed by atoms with van der Waals surface area (Å²) >= 11 is 1.51. The van der Waals surface area contributed by atoms with Crippen LogP contribution >= 0.6 is 11.3 Å². The highest BCUT2D eigenvalue weighted by molar-refractivity contribution is 7.08. The number of likely N-dealkylation sites (tertiary alicyclic amines) is 1. The maximum Gasteiger partial charge on any atom is 0.254 e. The van der Waals surface area contributed by atoms with Gasteiger partial charge in [-0.3, -0.25) is 4.79 Å². The number of fused-ring (bicyclic) bond motifs is 1. The monoisotopic (exact) mass is 348 g/mol. The predicted molar refractivity (Wildman–Crippen MR) is 86.7 cm³/mol.